The smallest absolute Gasteiger partial charge is 0.433 e. The van der Waals surface area contributed by atoms with Gasteiger partial charge in [0.25, 0.3) is 0 Å². The predicted octanol–water partition coefficient (Wildman–Crippen LogP) is 3.63. The molecule has 3 nitrogen and oxygen atoms in total. The maximum absolute atomic E-state index is 13.2. The third-order valence-corrected chi connectivity index (χ3v) is 2.77. The van der Waals surface area contributed by atoms with Crippen LogP contribution in [-0.4, -0.2) is 31.0 Å². The molecule has 116 valence electrons. The Morgan fingerprint density at radius 1 is 1.24 bits per heavy atom. The van der Waals surface area contributed by atoms with E-state index >= 15 is 0 Å². The van der Waals surface area contributed by atoms with Crippen LogP contribution in [0.15, 0.2) is 35.3 Å². The number of alkyl halides is 3. The fourth-order valence-electron chi connectivity index (χ4n) is 1.85. The van der Waals surface area contributed by atoms with Crippen LogP contribution in [0.25, 0.3) is 0 Å². The van der Waals surface area contributed by atoms with Crippen molar-refractivity contribution in [1.82, 2.24) is 0 Å². The Bertz CT molecular complexity index is 495. The quantitative estimate of drug-likeness (QED) is 0.615. The van der Waals surface area contributed by atoms with Gasteiger partial charge in [-0.25, -0.2) is 4.79 Å². The molecular formula is C15H18F3NO2. The monoisotopic (exact) mass is 301 g/mol. The first-order chi connectivity index (χ1) is 9.75. The van der Waals surface area contributed by atoms with Gasteiger partial charge in [-0.15, -0.1) is 0 Å². The minimum atomic E-state index is -4.63. The molecule has 1 aromatic rings. The standard InChI is InChI=1S/C15H18F3NO2/c1-10(2)9-12(14(20)21-3)19-13(15(16,17)18)11-7-5-4-6-8-11/h4-8,10,12H,9H2,1-3H3/t12-/m0/s1. The molecular weight excluding hydrogens is 283 g/mol. The van der Waals surface area contributed by atoms with Crippen LogP contribution in [0.4, 0.5) is 13.2 Å². The number of nitrogens with zero attached hydrogens (tertiary/aromatic N) is 1. The van der Waals surface area contributed by atoms with Gasteiger partial charge in [0.05, 0.1) is 7.11 Å². The van der Waals surface area contributed by atoms with Crippen molar-refractivity contribution in [1.29, 1.82) is 0 Å². The van der Waals surface area contributed by atoms with Crippen LogP contribution in [-0.2, 0) is 9.53 Å². The molecule has 0 saturated heterocycles. The molecule has 0 fully saturated rings. The van der Waals surface area contributed by atoms with Crippen molar-refractivity contribution < 1.29 is 22.7 Å². The third kappa shape index (κ3) is 5.21. The van der Waals surface area contributed by atoms with Crippen LogP contribution in [0.1, 0.15) is 25.8 Å². The van der Waals surface area contributed by atoms with E-state index in [9.17, 15) is 18.0 Å². The maximum Gasteiger partial charge on any atom is 0.433 e. The second kappa shape index (κ2) is 7.24. The zero-order valence-corrected chi connectivity index (χ0v) is 12.1. The Morgan fingerprint density at radius 2 is 1.81 bits per heavy atom. The van der Waals surface area contributed by atoms with Crippen LogP contribution in [0.2, 0.25) is 0 Å². The summed E-state index contributed by atoms with van der Waals surface area (Å²) in [4.78, 5) is 15.3. The average Bonchev–Trinajstić information content (AvgIpc) is 2.41. The summed E-state index contributed by atoms with van der Waals surface area (Å²) in [6.07, 6.45) is -4.44. The van der Waals surface area contributed by atoms with E-state index < -0.39 is 23.9 Å². The van der Waals surface area contributed by atoms with Gasteiger partial charge in [0, 0.05) is 5.56 Å². The Kier molecular flexibility index (Phi) is 5.93. The summed E-state index contributed by atoms with van der Waals surface area (Å²) >= 11 is 0. The molecule has 6 heteroatoms. The highest BCUT2D eigenvalue weighted by atomic mass is 19.4. The molecule has 0 aliphatic heterocycles. The Labute approximate surface area is 121 Å². The Morgan fingerprint density at radius 3 is 2.24 bits per heavy atom. The van der Waals surface area contributed by atoms with Gasteiger partial charge in [0.2, 0.25) is 0 Å². The topological polar surface area (TPSA) is 38.7 Å². The second-order valence-corrected chi connectivity index (χ2v) is 5.01. The highest BCUT2D eigenvalue weighted by Crippen LogP contribution is 2.24. The first-order valence-electron chi connectivity index (χ1n) is 6.54. The first-order valence-corrected chi connectivity index (χ1v) is 6.54. The number of halogens is 3. The van der Waals surface area contributed by atoms with Gasteiger partial charge >= 0.3 is 12.1 Å². The third-order valence-electron chi connectivity index (χ3n) is 2.77. The zero-order valence-electron chi connectivity index (χ0n) is 12.1. The van der Waals surface area contributed by atoms with Crippen molar-refractivity contribution in [2.24, 2.45) is 10.9 Å². The predicted molar refractivity (Wildman–Crippen MR) is 74.3 cm³/mol. The molecule has 0 amide bonds. The Balaban J connectivity index is 3.25. The van der Waals surface area contributed by atoms with Crippen molar-refractivity contribution in [3.05, 3.63) is 35.9 Å². The lowest BCUT2D eigenvalue weighted by Crippen LogP contribution is -2.30. The van der Waals surface area contributed by atoms with E-state index in [2.05, 4.69) is 9.73 Å². The number of esters is 1. The van der Waals surface area contributed by atoms with Gasteiger partial charge in [0.1, 0.15) is 11.8 Å². The van der Waals surface area contributed by atoms with Crippen molar-refractivity contribution in [2.45, 2.75) is 32.5 Å². The number of carbonyl (C=O) groups is 1. The summed E-state index contributed by atoms with van der Waals surface area (Å²) in [7, 11) is 1.14. The maximum atomic E-state index is 13.2. The molecule has 21 heavy (non-hydrogen) atoms. The largest absolute Gasteiger partial charge is 0.467 e. The van der Waals surface area contributed by atoms with Crippen LogP contribution in [0.3, 0.4) is 0 Å². The summed E-state index contributed by atoms with van der Waals surface area (Å²) in [5, 5.41) is 0. The number of methoxy groups -OCH3 is 1. The molecule has 0 aliphatic rings. The first kappa shape index (κ1) is 17.2. The fraction of sp³-hybridized carbons (Fsp3) is 0.467. The molecule has 0 aromatic heterocycles. The number of benzene rings is 1. The van der Waals surface area contributed by atoms with E-state index in [0.29, 0.717) is 0 Å². The van der Waals surface area contributed by atoms with Gasteiger partial charge in [-0.3, -0.25) is 4.99 Å². The van der Waals surface area contributed by atoms with Crippen molar-refractivity contribution in [3.8, 4) is 0 Å². The van der Waals surface area contributed by atoms with Crippen molar-refractivity contribution >= 4 is 11.7 Å². The lowest BCUT2D eigenvalue weighted by atomic mass is 10.0. The molecule has 1 rings (SSSR count). The van der Waals surface area contributed by atoms with E-state index in [1.165, 1.54) is 24.3 Å². The summed E-state index contributed by atoms with van der Waals surface area (Å²) in [5.74, 6) is -0.746. The summed E-state index contributed by atoms with van der Waals surface area (Å²) in [5.41, 5.74) is -1.12. The highest BCUT2D eigenvalue weighted by Gasteiger charge is 2.38. The molecule has 1 aromatic carbocycles. The molecule has 0 N–H and O–H groups in total. The van der Waals surface area contributed by atoms with Gasteiger partial charge < -0.3 is 4.74 Å². The lowest BCUT2D eigenvalue weighted by Gasteiger charge is -2.17. The van der Waals surface area contributed by atoms with Gasteiger partial charge in [0.15, 0.2) is 0 Å². The number of hydrogen-bond donors (Lipinski definition) is 0. The number of ether oxygens (including phenoxy) is 1. The molecule has 1 atom stereocenters. The zero-order chi connectivity index (χ0) is 16.0. The SMILES string of the molecule is COC(=O)[C@H](CC(C)C)N=C(c1ccccc1)C(F)(F)F. The Hall–Kier alpha value is -1.85. The summed E-state index contributed by atoms with van der Waals surface area (Å²) in [6, 6.07) is 6.07. The summed E-state index contributed by atoms with van der Waals surface area (Å²) in [6.45, 7) is 3.61. The van der Waals surface area contributed by atoms with E-state index in [0.717, 1.165) is 7.11 Å². The van der Waals surface area contributed by atoms with Gasteiger partial charge in [-0.2, -0.15) is 13.2 Å². The molecule has 0 unspecified atom stereocenters. The molecule has 0 heterocycles. The van der Waals surface area contributed by atoms with Crippen LogP contribution < -0.4 is 0 Å². The highest BCUT2D eigenvalue weighted by molar-refractivity contribution is 6.05. The molecule has 0 spiro atoms. The molecule has 0 aliphatic carbocycles. The fourth-order valence-corrected chi connectivity index (χ4v) is 1.85. The van der Waals surface area contributed by atoms with Gasteiger partial charge in [-0.05, 0) is 12.3 Å². The molecule has 0 radical (unpaired) electrons. The summed E-state index contributed by atoms with van der Waals surface area (Å²) < 4.78 is 44.1. The van der Waals surface area contributed by atoms with E-state index in [4.69, 9.17) is 0 Å². The van der Waals surface area contributed by atoms with Crippen molar-refractivity contribution in [3.63, 3.8) is 0 Å². The minimum Gasteiger partial charge on any atom is -0.467 e. The van der Waals surface area contributed by atoms with Crippen LogP contribution in [0, 0.1) is 5.92 Å². The van der Waals surface area contributed by atoms with Gasteiger partial charge in [-0.1, -0.05) is 44.2 Å². The normalized spacial score (nSPS) is 14.1. The van der Waals surface area contributed by atoms with E-state index in [-0.39, 0.29) is 17.9 Å². The van der Waals surface area contributed by atoms with Crippen LogP contribution in [0.5, 0.6) is 0 Å². The number of rotatable bonds is 5. The minimum absolute atomic E-state index is 0.0168. The van der Waals surface area contributed by atoms with Crippen molar-refractivity contribution in [2.75, 3.05) is 7.11 Å². The van der Waals surface area contributed by atoms with E-state index in [1.54, 1.807) is 19.9 Å². The number of hydrogen-bond acceptors (Lipinski definition) is 3. The van der Waals surface area contributed by atoms with E-state index in [1.807, 2.05) is 0 Å². The number of carbonyl (C=O) groups excluding carboxylic acids is 1. The molecule has 0 saturated carbocycles. The number of aliphatic imine (C=N–C) groups is 1. The van der Waals surface area contributed by atoms with Crippen LogP contribution >= 0.6 is 0 Å². The molecule has 0 bridgehead atoms. The lowest BCUT2D eigenvalue weighted by molar-refractivity contribution is -0.142. The average molecular weight is 301 g/mol. The second-order valence-electron chi connectivity index (χ2n) is 5.01.